The summed E-state index contributed by atoms with van der Waals surface area (Å²) in [6.45, 7) is 2.87. The summed E-state index contributed by atoms with van der Waals surface area (Å²) in [5.41, 5.74) is 0.746. The molecule has 0 saturated carbocycles. The number of imide groups is 1. The molecule has 5 nitrogen and oxygen atoms in total. The van der Waals surface area contributed by atoms with Crippen molar-refractivity contribution in [3.8, 4) is 0 Å². The number of carbonyl (C=O) groups excluding carboxylic acids is 3. The highest BCUT2D eigenvalue weighted by Gasteiger charge is 2.38. The monoisotopic (exact) mass is 305 g/mol. The first kappa shape index (κ1) is 15.6. The Labute approximate surface area is 129 Å². The van der Waals surface area contributed by atoms with Crippen LogP contribution < -0.4 is 0 Å². The van der Waals surface area contributed by atoms with Gasteiger partial charge in [0.25, 0.3) is 0 Å². The van der Waals surface area contributed by atoms with Gasteiger partial charge >= 0.3 is 11.8 Å². The summed E-state index contributed by atoms with van der Waals surface area (Å²) in [6.07, 6.45) is 0. The zero-order valence-corrected chi connectivity index (χ0v) is 12.6. The largest absolute Gasteiger partial charge is 0.333 e. The number of hydrogen-bond acceptors (Lipinski definition) is 4. The molecule has 1 aliphatic rings. The zero-order valence-electron chi connectivity index (χ0n) is 11.7. The first-order valence-corrected chi connectivity index (χ1v) is 7.28. The van der Waals surface area contributed by atoms with Gasteiger partial charge in [-0.3, -0.25) is 19.3 Å². The Morgan fingerprint density at radius 2 is 1.90 bits per heavy atom. The number of rotatable bonds is 4. The summed E-state index contributed by atoms with van der Waals surface area (Å²) in [4.78, 5) is 38.9. The molecule has 0 aromatic heterocycles. The SMILES string of the molecule is CCN1CCN(C(=O)C([CH]S)c2ccccc2)C(=O)C1=O. The van der Waals surface area contributed by atoms with Gasteiger partial charge in [-0.15, -0.1) is 0 Å². The van der Waals surface area contributed by atoms with Gasteiger partial charge in [-0.1, -0.05) is 30.3 Å². The average Bonchev–Trinajstić information content (AvgIpc) is 2.51. The van der Waals surface area contributed by atoms with Crippen LogP contribution in [0.1, 0.15) is 18.4 Å². The van der Waals surface area contributed by atoms with E-state index in [4.69, 9.17) is 0 Å². The lowest BCUT2D eigenvalue weighted by Crippen LogP contribution is -2.56. The lowest BCUT2D eigenvalue weighted by atomic mass is 9.99. The number of hydrogen-bond donors (Lipinski definition) is 1. The molecule has 3 amide bonds. The Morgan fingerprint density at radius 1 is 1.24 bits per heavy atom. The maximum Gasteiger partial charge on any atom is 0.318 e. The van der Waals surface area contributed by atoms with Crippen LogP contribution in [0, 0.1) is 5.75 Å². The molecule has 1 fully saturated rings. The van der Waals surface area contributed by atoms with Gasteiger partial charge < -0.3 is 4.90 Å². The third-order valence-corrected chi connectivity index (χ3v) is 3.83. The van der Waals surface area contributed by atoms with Crippen LogP contribution in [0.5, 0.6) is 0 Å². The molecule has 6 heteroatoms. The Morgan fingerprint density at radius 3 is 2.48 bits per heavy atom. The fourth-order valence-corrected chi connectivity index (χ4v) is 2.61. The van der Waals surface area contributed by atoms with Gasteiger partial charge in [0.2, 0.25) is 5.91 Å². The fraction of sp³-hybridized carbons (Fsp3) is 0.333. The van der Waals surface area contributed by atoms with E-state index in [1.165, 1.54) is 10.7 Å². The van der Waals surface area contributed by atoms with E-state index >= 15 is 0 Å². The number of piperazine rings is 1. The third-order valence-electron chi connectivity index (χ3n) is 3.53. The van der Waals surface area contributed by atoms with Gasteiger partial charge in [0, 0.05) is 25.4 Å². The molecule has 1 unspecified atom stereocenters. The van der Waals surface area contributed by atoms with E-state index in [9.17, 15) is 14.4 Å². The van der Waals surface area contributed by atoms with Crippen LogP contribution in [0.3, 0.4) is 0 Å². The number of nitrogens with zero attached hydrogens (tertiary/aromatic N) is 2. The molecule has 1 aromatic carbocycles. The molecule has 21 heavy (non-hydrogen) atoms. The Kier molecular flexibility index (Phi) is 5.01. The van der Waals surface area contributed by atoms with Crippen molar-refractivity contribution in [2.45, 2.75) is 12.8 Å². The molecule has 1 aliphatic heterocycles. The zero-order chi connectivity index (χ0) is 15.4. The highest BCUT2D eigenvalue weighted by atomic mass is 32.1. The van der Waals surface area contributed by atoms with E-state index in [0.29, 0.717) is 13.1 Å². The highest BCUT2D eigenvalue weighted by molar-refractivity contribution is 7.82. The Bertz CT molecular complexity index is 547. The van der Waals surface area contributed by atoms with Crippen molar-refractivity contribution in [2.24, 2.45) is 0 Å². The summed E-state index contributed by atoms with van der Waals surface area (Å²) in [5, 5.41) is 0. The molecule has 1 atom stereocenters. The summed E-state index contributed by atoms with van der Waals surface area (Å²) >= 11 is 4.09. The van der Waals surface area contributed by atoms with Gasteiger partial charge in [-0.25, -0.2) is 0 Å². The minimum absolute atomic E-state index is 0.224. The molecule has 0 bridgehead atoms. The second kappa shape index (κ2) is 6.76. The molecule has 0 N–H and O–H groups in total. The van der Waals surface area contributed by atoms with E-state index in [1.807, 2.05) is 18.2 Å². The predicted octanol–water partition coefficient (Wildman–Crippen LogP) is 1.08. The quantitative estimate of drug-likeness (QED) is 0.669. The number of benzene rings is 1. The van der Waals surface area contributed by atoms with E-state index in [-0.39, 0.29) is 6.54 Å². The molecule has 1 aromatic rings. The number of likely N-dealkylation sites (N-methyl/N-ethyl adjacent to an activating group) is 1. The number of carbonyl (C=O) groups is 3. The maximum atomic E-state index is 12.5. The maximum absolute atomic E-state index is 12.5. The first-order chi connectivity index (χ1) is 10.1. The highest BCUT2D eigenvalue weighted by Crippen LogP contribution is 2.24. The molecular weight excluding hydrogens is 288 g/mol. The third kappa shape index (κ3) is 3.10. The van der Waals surface area contributed by atoms with Crippen molar-refractivity contribution < 1.29 is 14.4 Å². The fourth-order valence-electron chi connectivity index (χ4n) is 2.31. The van der Waals surface area contributed by atoms with Gasteiger partial charge in [-0.05, 0) is 12.5 Å². The average molecular weight is 305 g/mol. The van der Waals surface area contributed by atoms with Crippen molar-refractivity contribution in [3.63, 3.8) is 0 Å². The standard InChI is InChI=1S/C15H17N2O3S/c1-2-16-8-9-17(15(20)14(16)19)13(18)12(10-21)11-6-4-3-5-7-11/h3-7,10,12,21H,2,8-9H2,1H3. The number of amides is 3. The molecule has 111 valence electrons. The summed E-state index contributed by atoms with van der Waals surface area (Å²) in [5.74, 6) is -0.987. The van der Waals surface area contributed by atoms with Crippen LogP contribution in [0.15, 0.2) is 30.3 Å². The predicted molar refractivity (Wildman–Crippen MR) is 81.4 cm³/mol. The van der Waals surface area contributed by atoms with E-state index in [2.05, 4.69) is 12.6 Å². The van der Waals surface area contributed by atoms with Gasteiger partial charge in [-0.2, -0.15) is 12.6 Å². The van der Waals surface area contributed by atoms with Crippen LogP contribution in [0.25, 0.3) is 0 Å². The minimum atomic E-state index is -0.760. The van der Waals surface area contributed by atoms with Gasteiger partial charge in [0.05, 0.1) is 5.92 Å². The van der Waals surface area contributed by atoms with Crippen LogP contribution in [0.4, 0.5) is 0 Å². The van der Waals surface area contributed by atoms with Gasteiger partial charge in [0.1, 0.15) is 0 Å². The molecule has 2 rings (SSSR count). The normalized spacial score (nSPS) is 17.0. The lowest BCUT2D eigenvalue weighted by molar-refractivity contribution is -0.161. The summed E-state index contributed by atoms with van der Waals surface area (Å²) in [7, 11) is 0. The molecule has 1 radical (unpaired) electrons. The van der Waals surface area contributed by atoms with Crippen LogP contribution in [0.2, 0.25) is 0 Å². The molecule has 1 heterocycles. The first-order valence-electron chi connectivity index (χ1n) is 6.77. The second-order valence-corrected chi connectivity index (χ2v) is 5.02. The second-order valence-electron chi connectivity index (χ2n) is 4.72. The van der Waals surface area contributed by atoms with Crippen LogP contribution in [-0.2, 0) is 14.4 Å². The van der Waals surface area contributed by atoms with E-state index < -0.39 is 23.6 Å². The Hall–Kier alpha value is -1.82. The van der Waals surface area contributed by atoms with Crippen molar-refractivity contribution >= 4 is 30.4 Å². The number of thiol groups is 1. The van der Waals surface area contributed by atoms with Gasteiger partial charge in [0.15, 0.2) is 0 Å². The molecular formula is C15H17N2O3S. The smallest absolute Gasteiger partial charge is 0.318 e. The topological polar surface area (TPSA) is 57.7 Å². The van der Waals surface area contributed by atoms with E-state index in [0.717, 1.165) is 10.5 Å². The van der Waals surface area contributed by atoms with Crippen LogP contribution >= 0.6 is 12.6 Å². The van der Waals surface area contributed by atoms with E-state index in [1.54, 1.807) is 19.1 Å². The summed E-state index contributed by atoms with van der Waals surface area (Å²) < 4.78 is 0. The summed E-state index contributed by atoms with van der Waals surface area (Å²) in [6, 6.07) is 9.07. The lowest BCUT2D eigenvalue weighted by Gasteiger charge is -2.33. The molecule has 1 saturated heterocycles. The van der Waals surface area contributed by atoms with Crippen molar-refractivity contribution in [1.82, 2.24) is 9.80 Å². The van der Waals surface area contributed by atoms with Crippen molar-refractivity contribution in [1.29, 1.82) is 0 Å². The van der Waals surface area contributed by atoms with Crippen LogP contribution in [-0.4, -0.2) is 47.2 Å². The Balaban J connectivity index is 2.19. The minimum Gasteiger partial charge on any atom is -0.333 e. The van der Waals surface area contributed by atoms with Crippen molar-refractivity contribution in [3.05, 3.63) is 41.6 Å². The molecule has 0 spiro atoms. The van der Waals surface area contributed by atoms with Crippen molar-refractivity contribution in [2.75, 3.05) is 19.6 Å². The molecule has 0 aliphatic carbocycles.